The molecule has 9 nitrogen and oxygen atoms in total. The Balaban J connectivity index is -0.000000208. The Hall–Kier alpha value is -0.940. The second-order valence-corrected chi connectivity index (χ2v) is 3.18. The van der Waals surface area contributed by atoms with Gasteiger partial charge in [-0.15, -0.1) is 0 Å². The summed E-state index contributed by atoms with van der Waals surface area (Å²) in [6.45, 7) is 1.46. The van der Waals surface area contributed by atoms with Gasteiger partial charge in [0.25, 0.3) is 0 Å². The molecule has 0 aromatic carbocycles. The van der Waals surface area contributed by atoms with E-state index in [1.807, 2.05) is 0 Å². The number of guanidine groups is 1. The van der Waals surface area contributed by atoms with Gasteiger partial charge in [-0.3, -0.25) is 14.5 Å². The van der Waals surface area contributed by atoms with E-state index >= 15 is 0 Å². The maximum Gasteiger partial charge on any atom is 0.394 e. The van der Waals surface area contributed by atoms with E-state index in [0.29, 0.717) is 6.54 Å². The van der Waals surface area contributed by atoms with Crippen LogP contribution in [0.1, 0.15) is 12.8 Å². The van der Waals surface area contributed by atoms with Crippen molar-refractivity contribution in [2.24, 2.45) is 11.5 Å². The molecule has 15 heavy (non-hydrogen) atoms. The Morgan fingerprint density at radius 3 is 2.00 bits per heavy atom. The molecular formula is C5H18N4O5S. The van der Waals surface area contributed by atoms with Crippen LogP contribution in [0.4, 0.5) is 0 Å². The summed E-state index contributed by atoms with van der Waals surface area (Å²) in [5, 5.41) is 9.45. The first-order chi connectivity index (χ1) is 6.27. The van der Waals surface area contributed by atoms with Crippen LogP contribution in [0, 0.1) is 5.41 Å². The number of rotatable bonds is 4. The van der Waals surface area contributed by atoms with Crippen molar-refractivity contribution in [2.45, 2.75) is 12.8 Å². The van der Waals surface area contributed by atoms with Crippen molar-refractivity contribution in [1.29, 1.82) is 5.41 Å². The summed E-state index contributed by atoms with van der Waals surface area (Å²) in [4.78, 5) is 0. The number of nitrogens with two attached hydrogens (primary N) is 2. The molecule has 0 saturated heterocycles. The van der Waals surface area contributed by atoms with E-state index in [0.717, 1.165) is 19.4 Å². The van der Waals surface area contributed by atoms with E-state index in [1.54, 1.807) is 0 Å². The van der Waals surface area contributed by atoms with Gasteiger partial charge in [0.1, 0.15) is 0 Å². The van der Waals surface area contributed by atoms with E-state index in [4.69, 9.17) is 34.4 Å². The Kier molecular flexibility index (Phi) is 14.6. The molecule has 0 aliphatic heterocycles. The third kappa shape index (κ3) is 62.4. The predicted molar refractivity (Wildman–Crippen MR) is 56.0 cm³/mol. The second-order valence-electron chi connectivity index (χ2n) is 2.28. The Bertz CT molecular complexity index is 234. The molecule has 0 bridgehead atoms. The molecule has 0 aromatic heterocycles. The lowest BCUT2D eigenvalue weighted by Crippen LogP contribution is -2.31. The number of hydrogen-bond donors (Lipinski definition) is 6. The van der Waals surface area contributed by atoms with Crippen LogP contribution in [0.5, 0.6) is 0 Å². The maximum absolute atomic E-state index is 8.74. The maximum atomic E-state index is 8.74. The van der Waals surface area contributed by atoms with Crippen LogP contribution in [0.25, 0.3) is 0 Å². The fourth-order valence-corrected chi connectivity index (χ4v) is 0.492. The van der Waals surface area contributed by atoms with Gasteiger partial charge in [-0.2, -0.15) is 8.42 Å². The molecule has 0 aromatic rings. The van der Waals surface area contributed by atoms with Crippen LogP contribution in [0.2, 0.25) is 0 Å². The molecule has 10 heteroatoms. The third-order valence-corrected chi connectivity index (χ3v) is 0.946. The highest BCUT2D eigenvalue weighted by Gasteiger charge is 1.85. The summed E-state index contributed by atoms with van der Waals surface area (Å²) >= 11 is 0. The largest absolute Gasteiger partial charge is 0.412 e. The molecule has 0 saturated carbocycles. The minimum atomic E-state index is -4.67. The van der Waals surface area contributed by atoms with Gasteiger partial charge < -0.3 is 22.3 Å². The van der Waals surface area contributed by atoms with Crippen molar-refractivity contribution in [3.63, 3.8) is 0 Å². The SMILES string of the molecule is N=C(N)NCCCCN.O.O=S(=O)(O)O. The zero-order chi connectivity index (χ0) is 11.6. The highest BCUT2D eigenvalue weighted by molar-refractivity contribution is 7.79. The van der Waals surface area contributed by atoms with Crippen molar-refractivity contribution in [2.75, 3.05) is 13.1 Å². The van der Waals surface area contributed by atoms with E-state index in [9.17, 15) is 0 Å². The minimum Gasteiger partial charge on any atom is -0.412 e. The quantitative estimate of drug-likeness (QED) is 0.139. The van der Waals surface area contributed by atoms with Crippen molar-refractivity contribution in [3.05, 3.63) is 0 Å². The number of nitrogens with one attached hydrogen (secondary N) is 2. The van der Waals surface area contributed by atoms with Crippen molar-refractivity contribution >= 4 is 16.4 Å². The van der Waals surface area contributed by atoms with Crippen molar-refractivity contribution < 1.29 is 23.0 Å². The summed E-state index contributed by atoms with van der Waals surface area (Å²) in [5.41, 5.74) is 10.2. The van der Waals surface area contributed by atoms with Gasteiger partial charge in [-0.25, -0.2) is 0 Å². The lowest BCUT2D eigenvalue weighted by Gasteiger charge is -2.00. The van der Waals surface area contributed by atoms with E-state index < -0.39 is 10.4 Å². The summed E-state index contributed by atoms with van der Waals surface area (Å²) in [6.07, 6.45) is 1.97. The van der Waals surface area contributed by atoms with Crippen LogP contribution in [0.15, 0.2) is 0 Å². The van der Waals surface area contributed by atoms with Crippen molar-refractivity contribution in [1.82, 2.24) is 5.32 Å². The number of hydrogen-bond acceptors (Lipinski definition) is 4. The first-order valence-electron chi connectivity index (χ1n) is 3.75. The molecule has 0 amide bonds. The van der Waals surface area contributed by atoms with Crippen LogP contribution >= 0.6 is 0 Å². The van der Waals surface area contributed by atoms with Gasteiger partial charge in [0.2, 0.25) is 0 Å². The molecule has 0 unspecified atom stereocenters. The minimum absolute atomic E-state index is 0. The van der Waals surface area contributed by atoms with Gasteiger partial charge in [0.15, 0.2) is 5.96 Å². The highest BCUT2D eigenvalue weighted by atomic mass is 32.3. The lowest BCUT2D eigenvalue weighted by molar-refractivity contribution is 0.381. The molecule has 0 heterocycles. The molecule has 0 fully saturated rings. The van der Waals surface area contributed by atoms with Crippen LogP contribution in [-0.2, 0) is 10.4 Å². The zero-order valence-corrected chi connectivity index (χ0v) is 8.92. The molecule has 0 atom stereocenters. The van der Waals surface area contributed by atoms with Gasteiger partial charge >= 0.3 is 10.4 Å². The highest BCUT2D eigenvalue weighted by Crippen LogP contribution is 1.80. The van der Waals surface area contributed by atoms with Crippen LogP contribution < -0.4 is 16.8 Å². The van der Waals surface area contributed by atoms with Crippen LogP contribution in [-0.4, -0.2) is 42.0 Å². The topological polar surface area (TPSA) is 194 Å². The van der Waals surface area contributed by atoms with Gasteiger partial charge in [0.05, 0.1) is 0 Å². The predicted octanol–water partition coefficient (Wildman–Crippen LogP) is -2.27. The van der Waals surface area contributed by atoms with E-state index in [2.05, 4.69) is 5.32 Å². The molecule has 10 N–H and O–H groups in total. The molecule has 0 radical (unpaired) electrons. The van der Waals surface area contributed by atoms with Gasteiger partial charge in [-0.1, -0.05) is 0 Å². The summed E-state index contributed by atoms with van der Waals surface area (Å²) < 4.78 is 31.6. The third-order valence-electron chi connectivity index (χ3n) is 0.946. The lowest BCUT2D eigenvalue weighted by atomic mass is 10.3. The number of unbranched alkanes of at least 4 members (excludes halogenated alkanes) is 1. The molecule has 0 aliphatic carbocycles. The van der Waals surface area contributed by atoms with Crippen LogP contribution in [0.3, 0.4) is 0 Å². The summed E-state index contributed by atoms with van der Waals surface area (Å²) in [5.74, 6) is 0.0343. The second kappa shape index (κ2) is 11.1. The molecule has 0 aliphatic rings. The zero-order valence-electron chi connectivity index (χ0n) is 8.10. The average Bonchev–Trinajstić information content (AvgIpc) is 1.94. The Labute approximate surface area is 88.2 Å². The molecule has 0 spiro atoms. The fourth-order valence-electron chi connectivity index (χ4n) is 0.492. The fraction of sp³-hybridized carbons (Fsp3) is 0.800. The first-order valence-corrected chi connectivity index (χ1v) is 5.15. The van der Waals surface area contributed by atoms with E-state index in [-0.39, 0.29) is 11.4 Å². The van der Waals surface area contributed by atoms with E-state index in [1.165, 1.54) is 0 Å². The summed E-state index contributed by atoms with van der Waals surface area (Å²) in [7, 11) is -4.67. The molecular weight excluding hydrogens is 228 g/mol. The standard InChI is InChI=1S/C5H14N4.H2O4S.H2O/c6-3-1-2-4-9-5(7)8;1-5(2,3)4;/h1-4,6H2,(H4,7,8,9);(H2,1,2,3,4);1H2. The van der Waals surface area contributed by atoms with Gasteiger partial charge in [0, 0.05) is 6.54 Å². The smallest absolute Gasteiger partial charge is 0.394 e. The molecule has 0 rings (SSSR count). The summed E-state index contributed by atoms with van der Waals surface area (Å²) in [6, 6.07) is 0. The first kappa shape index (κ1) is 19.6. The Morgan fingerprint density at radius 1 is 1.33 bits per heavy atom. The Morgan fingerprint density at radius 2 is 1.73 bits per heavy atom. The van der Waals surface area contributed by atoms with Gasteiger partial charge in [-0.05, 0) is 19.4 Å². The van der Waals surface area contributed by atoms with Crippen molar-refractivity contribution in [3.8, 4) is 0 Å². The normalized spacial score (nSPS) is 9.27. The molecule has 94 valence electrons. The monoisotopic (exact) mass is 246 g/mol. The average molecular weight is 246 g/mol.